The van der Waals surface area contributed by atoms with E-state index in [4.69, 9.17) is 47.4 Å². The van der Waals surface area contributed by atoms with Crippen LogP contribution in [0.25, 0.3) is 0 Å². The molecule has 4 aliphatic heterocycles. The molecular formula is C63H98O27. The van der Waals surface area contributed by atoms with Crippen LogP contribution in [0.15, 0.2) is 34.9 Å². The molecular weight excluding hydrogens is 1190 g/mol. The van der Waals surface area contributed by atoms with Gasteiger partial charge >= 0.3 is 17.9 Å². The molecule has 0 bridgehead atoms. The number of esters is 2. The van der Waals surface area contributed by atoms with Gasteiger partial charge in [-0.2, -0.15) is 0 Å². The summed E-state index contributed by atoms with van der Waals surface area (Å²) in [5.41, 5.74) is -4.73. The third-order valence-electron chi connectivity index (χ3n) is 23.4. The molecule has 512 valence electrons. The number of aliphatic hydroxyl groups excluding tert-OH is 13. The molecule has 31 atom stereocenters. The second-order valence-electron chi connectivity index (χ2n) is 28.8. The maximum absolute atomic E-state index is 13.9. The predicted molar refractivity (Wildman–Crippen MR) is 308 cm³/mol. The van der Waals surface area contributed by atoms with Crippen molar-refractivity contribution in [3.05, 3.63) is 34.9 Å². The van der Waals surface area contributed by atoms with Gasteiger partial charge in [0.1, 0.15) is 85.5 Å². The van der Waals surface area contributed by atoms with Crippen molar-refractivity contribution < 1.29 is 133 Å². The molecule has 4 saturated heterocycles. The van der Waals surface area contributed by atoms with Gasteiger partial charge in [0, 0.05) is 22.0 Å². The lowest BCUT2D eigenvalue weighted by molar-refractivity contribution is -0.401. The number of carbonyl (C=O) groups excluding carboxylic acids is 2. The number of carboxylic acid groups (broad SMARTS) is 1. The van der Waals surface area contributed by atoms with Crippen LogP contribution in [0.2, 0.25) is 0 Å². The molecule has 4 heterocycles. The average molecular weight is 1290 g/mol. The van der Waals surface area contributed by atoms with Gasteiger partial charge in [-0.1, -0.05) is 72.3 Å². The Hall–Kier alpha value is -3.21. The van der Waals surface area contributed by atoms with Gasteiger partial charge in [-0.25, -0.2) is 14.4 Å². The van der Waals surface area contributed by atoms with Crippen LogP contribution in [0.1, 0.15) is 122 Å². The summed E-state index contributed by atoms with van der Waals surface area (Å²) in [5.74, 6) is -4.24. The Balaban J connectivity index is 1.05. The van der Waals surface area contributed by atoms with E-state index in [9.17, 15) is 85.9 Å². The molecule has 9 aliphatic rings. The summed E-state index contributed by atoms with van der Waals surface area (Å²) in [6.07, 6.45) is -34.4. The number of carbonyl (C=O) groups is 3. The molecule has 9 rings (SSSR count). The van der Waals surface area contributed by atoms with Crippen LogP contribution in [-0.4, -0.2) is 256 Å². The number of ether oxygens (including phenoxy) is 10. The summed E-state index contributed by atoms with van der Waals surface area (Å²) in [5, 5.41) is 158. The molecule has 0 amide bonds. The number of fused-ring (bicyclic) bond motifs is 7. The van der Waals surface area contributed by atoms with Crippen LogP contribution in [0.3, 0.4) is 0 Å². The van der Waals surface area contributed by atoms with Gasteiger partial charge in [0.15, 0.2) is 37.4 Å². The first-order valence-corrected chi connectivity index (χ1v) is 31.5. The summed E-state index contributed by atoms with van der Waals surface area (Å²) in [4.78, 5) is 40.8. The highest BCUT2D eigenvalue weighted by atomic mass is 16.8. The molecule has 5 aliphatic carbocycles. The summed E-state index contributed by atoms with van der Waals surface area (Å²) >= 11 is 0. The van der Waals surface area contributed by atoms with Crippen LogP contribution >= 0.6 is 0 Å². The minimum Gasteiger partial charge on any atom is -0.479 e. The zero-order valence-electron chi connectivity index (χ0n) is 53.3. The van der Waals surface area contributed by atoms with Crippen molar-refractivity contribution >= 4 is 17.9 Å². The van der Waals surface area contributed by atoms with E-state index in [0.717, 1.165) is 5.57 Å². The van der Waals surface area contributed by atoms with Gasteiger partial charge in [-0.05, 0) is 107 Å². The highest BCUT2D eigenvalue weighted by Gasteiger charge is 2.76. The molecule has 0 radical (unpaired) electrons. The third-order valence-corrected chi connectivity index (χ3v) is 23.4. The summed E-state index contributed by atoms with van der Waals surface area (Å²) < 4.78 is 61.6. The van der Waals surface area contributed by atoms with Crippen LogP contribution in [0, 0.1) is 50.2 Å². The average Bonchev–Trinajstić information content (AvgIpc) is 0.663. The zero-order valence-corrected chi connectivity index (χ0v) is 53.3. The summed E-state index contributed by atoms with van der Waals surface area (Å²) in [7, 11) is 0. The zero-order chi connectivity index (χ0) is 66.6. The molecule has 4 saturated carbocycles. The molecule has 14 N–H and O–H groups in total. The first-order chi connectivity index (χ1) is 42.0. The third kappa shape index (κ3) is 11.5. The quantitative estimate of drug-likeness (QED) is 0.0409. The van der Waals surface area contributed by atoms with Crippen molar-refractivity contribution in [1.29, 1.82) is 0 Å². The van der Waals surface area contributed by atoms with Gasteiger partial charge in [0.05, 0.1) is 49.7 Å². The van der Waals surface area contributed by atoms with Gasteiger partial charge in [0.25, 0.3) is 0 Å². The summed E-state index contributed by atoms with van der Waals surface area (Å²) in [6.45, 7) is 19.7. The number of aliphatic carboxylic acids is 1. The van der Waals surface area contributed by atoms with E-state index >= 15 is 0 Å². The lowest BCUT2D eigenvalue weighted by Crippen LogP contribution is -2.76. The molecule has 27 nitrogen and oxygen atoms in total. The Bertz CT molecular complexity index is 2700. The minimum atomic E-state index is -2.24. The Labute approximate surface area is 523 Å². The normalized spacial score (nSPS) is 50.2. The van der Waals surface area contributed by atoms with Gasteiger partial charge in [-0.3, -0.25) is 0 Å². The predicted octanol–water partition coefficient (Wildman–Crippen LogP) is -0.885. The lowest BCUT2D eigenvalue weighted by atomic mass is 9.32. The van der Waals surface area contributed by atoms with E-state index in [1.54, 1.807) is 39.8 Å². The van der Waals surface area contributed by atoms with Gasteiger partial charge < -0.3 is 119 Å². The minimum absolute atomic E-state index is 0.199. The molecule has 0 aromatic heterocycles. The molecule has 0 spiro atoms. The number of rotatable bonds is 15. The smallest absolute Gasteiger partial charge is 0.335 e. The largest absolute Gasteiger partial charge is 0.479 e. The van der Waals surface area contributed by atoms with Crippen molar-refractivity contribution in [3.8, 4) is 0 Å². The SMILES string of the molecule is C/C=C(\C)C(=O)O[C@H]1[C@H](OC(=O)/C(C)=C/C)[C@]2(CO)[C@H](O)[C@H](O)[C@]3(C)C(=CC[C@@H]4[C@@]5(C)CC[C@H](O[C@@H]6O[C@H](C(=O)O)[C@@H](O)[C@H](O[C@@H]7OC[C@H](O)[C@H](O)[C@H]7OC7OC(C)C(O)C(O)C7O)[C@H]6O[C@@H]6O[C@H](CO)[C@H](O)[C@H](O)[C@H]6O)C(C)(C)[C@@H]5CC[C@]43C)[C@@H]2CC1(C)C. The molecule has 27 heteroatoms. The van der Waals surface area contributed by atoms with Gasteiger partial charge in [-0.15, -0.1) is 0 Å². The standard InChI is InChI=1S/C63H98O27/c1-13-25(3)52(79)89-49-50(90-53(80)26(4)14-2)63(24-65)29(21-58(49,6)7)28-15-16-33-60(10)19-18-34(59(8,9)32(60)17-20-61(33,11)62(28,12)47(75)48(63)76)84-57-46(88-55-41(73)39(71)37(69)31(22-64)83-55)43(42(74)44(86-57)51(77)78)85-56-45(36(68)30(66)23-81-56)87-54-40(72)38(70)35(67)27(5)82-54/h13-15,27,29-50,54-57,64-76H,16-24H2,1-12H3,(H,77,78)/b25-13+,26-14+/t27?,29-,30-,31+,32-,33+,34-,35?,36-,37-,38?,39-,40?,41+,42-,43-,44-,45+,46+,47-,48+,49-,50-,54?,55-,56-,57+,60-,61+,62-,63-/m0/s1. The fourth-order valence-electron chi connectivity index (χ4n) is 17.6. The Kier molecular flexibility index (Phi) is 20.6. The van der Waals surface area contributed by atoms with E-state index < -0.39 is 223 Å². The first kappa shape index (κ1) is 71.1. The van der Waals surface area contributed by atoms with Crippen molar-refractivity contribution in [3.63, 3.8) is 0 Å². The maximum Gasteiger partial charge on any atom is 0.335 e. The highest BCUT2D eigenvalue weighted by Crippen LogP contribution is 2.76. The number of aliphatic hydroxyl groups is 13. The lowest BCUT2D eigenvalue weighted by Gasteiger charge is -2.73. The molecule has 0 aromatic carbocycles. The highest BCUT2D eigenvalue weighted by molar-refractivity contribution is 5.89. The van der Waals surface area contributed by atoms with E-state index in [0.29, 0.717) is 31.3 Å². The number of allylic oxidation sites excluding steroid dienone is 3. The fraction of sp³-hybridized carbons (Fsp3) is 0.857. The number of hydrogen-bond acceptors (Lipinski definition) is 26. The van der Waals surface area contributed by atoms with E-state index in [-0.39, 0.29) is 30.3 Å². The van der Waals surface area contributed by atoms with Crippen LogP contribution < -0.4 is 0 Å². The number of carboxylic acids is 1. The molecule has 5 unspecified atom stereocenters. The van der Waals surface area contributed by atoms with Crippen LogP contribution in [0.4, 0.5) is 0 Å². The van der Waals surface area contributed by atoms with E-state index in [1.807, 2.05) is 34.6 Å². The Morgan fingerprint density at radius 2 is 1.20 bits per heavy atom. The topological polar surface area (TPSA) is 427 Å². The molecule has 90 heavy (non-hydrogen) atoms. The van der Waals surface area contributed by atoms with Crippen molar-refractivity contribution in [2.24, 2.45) is 50.2 Å². The second kappa shape index (κ2) is 26.1. The van der Waals surface area contributed by atoms with E-state index in [2.05, 4.69) is 19.9 Å². The Morgan fingerprint density at radius 1 is 0.622 bits per heavy atom. The monoisotopic (exact) mass is 1290 g/mol. The fourth-order valence-corrected chi connectivity index (χ4v) is 17.6. The van der Waals surface area contributed by atoms with Crippen molar-refractivity contribution in [1.82, 2.24) is 0 Å². The van der Waals surface area contributed by atoms with Crippen LogP contribution in [-0.2, 0) is 61.8 Å². The van der Waals surface area contributed by atoms with Crippen molar-refractivity contribution in [2.75, 3.05) is 19.8 Å². The maximum atomic E-state index is 13.9. The summed E-state index contributed by atoms with van der Waals surface area (Å²) in [6, 6.07) is 0. The first-order valence-electron chi connectivity index (χ1n) is 31.5. The molecule has 8 fully saturated rings. The van der Waals surface area contributed by atoms with Crippen molar-refractivity contribution in [2.45, 2.75) is 269 Å². The molecule has 0 aromatic rings. The number of hydrogen-bond donors (Lipinski definition) is 14. The van der Waals surface area contributed by atoms with E-state index in [1.165, 1.54) is 6.92 Å². The second-order valence-corrected chi connectivity index (χ2v) is 28.8. The van der Waals surface area contributed by atoms with Gasteiger partial charge in [0.2, 0.25) is 0 Å². The Morgan fingerprint density at radius 3 is 1.79 bits per heavy atom. The van der Waals surface area contributed by atoms with Crippen LogP contribution in [0.5, 0.6) is 0 Å².